The minimum absolute atomic E-state index is 0. The van der Waals surface area contributed by atoms with Gasteiger partial charge in [0.25, 0.3) is 0 Å². The van der Waals surface area contributed by atoms with Crippen LogP contribution in [0.5, 0.6) is 0 Å². The fraction of sp³-hybridized carbons (Fsp3) is 0.455. The van der Waals surface area contributed by atoms with Gasteiger partial charge in [-0.05, 0) is 35.2 Å². The molecular weight excluding hydrogens is 374 g/mol. The summed E-state index contributed by atoms with van der Waals surface area (Å²) in [5.41, 5.74) is 0.958. The lowest BCUT2D eigenvalue weighted by Crippen LogP contribution is -2.52. The third kappa shape index (κ3) is 5.69. The Bertz CT molecular complexity index is 801. The molecule has 2 aromatic rings. The first-order chi connectivity index (χ1) is 13.0. The summed E-state index contributed by atoms with van der Waals surface area (Å²) in [6.07, 6.45) is 1.23. The van der Waals surface area contributed by atoms with E-state index in [-0.39, 0.29) is 36.6 Å². The van der Waals surface area contributed by atoms with Gasteiger partial charge in [-0.2, -0.15) is 0 Å². The highest BCUT2D eigenvalue weighted by Gasteiger charge is 2.28. The Kier molecular flexibility index (Phi) is 8.27. The van der Waals surface area contributed by atoms with Crippen LogP contribution in [-0.4, -0.2) is 48.9 Å². The van der Waals surface area contributed by atoms with E-state index in [1.165, 1.54) is 0 Å². The Morgan fingerprint density at radius 3 is 2.57 bits per heavy atom. The number of carbonyl (C=O) groups is 2. The van der Waals surface area contributed by atoms with Crippen molar-refractivity contribution < 1.29 is 9.59 Å². The van der Waals surface area contributed by atoms with Gasteiger partial charge in [-0.3, -0.25) is 9.59 Å². The molecule has 6 heteroatoms. The van der Waals surface area contributed by atoms with E-state index in [0.29, 0.717) is 6.54 Å². The van der Waals surface area contributed by atoms with Gasteiger partial charge in [0.1, 0.15) is 6.04 Å². The summed E-state index contributed by atoms with van der Waals surface area (Å²) in [5.74, 6) is -0.0277. The van der Waals surface area contributed by atoms with Gasteiger partial charge in [-0.25, -0.2) is 0 Å². The molecule has 0 aromatic heterocycles. The summed E-state index contributed by atoms with van der Waals surface area (Å²) >= 11 is 0. The van der Waals surface area contributed by atoms with Gasteiger partial charge in [-0.1, -0.05) is 56.3 Å². The highest BCUT2D eigenvalue weighted by atomic mass is 35.5. The predicted octanol–water partition coefficient (Wildman–Crippen LogP) is 2.77. The lowest BCUT2D eigenvalue weighted by Gasteiger charge is -2.28. The SMILES string of the molecule is CC(C)C(NC(=O)Cc1ccc2ccccc2c1)C(=O)N1CCCNCC1.Cl. The average Bonchev–Trinajstić information content (AvgIpc) is 2.95. The van der Waals surface area contributed by atoms with E-state index < -0.39 is 6.04 Å². The van der Waals surface area contributed by atoms with Crippen LogP contribution in [0.2, 0.25) is 0 Å². The maximum atomic E-state index is 12.9. The lowest BCUT2D eigenvalue weighted by molar-refractivity contribution is -0.137. The van der Waals surface area contributed by atoms with E-state index in [4.69, 9.17) is 0 Å². The van der Waals surface area contributed by atoms with Crippen LogP contribution >= 0.6 is 12.4 Å². The Hall–Kier alpha value is -2.11. The number of halogens is 1. The third-order valence-corrected chi connectivity index (χ3v) is 5.08. The second kappa shape index (κ2) is 10.4. The molecular formula is C22H30ClN3O2. The van der Waals surface area contributed by atoms with E-state index >= 15 is 0 Å². The number of carbonyl (C=O) groups excluding carboxylic acids is 2. The van der Waals surface area contributed by atoms with Gasteiger partial charge >= 0.3 is 0 Å². The Morgan fingerprint density at radius 2 is 1.82 bits per heavy atom. The fourth-order valence-electron chi connectivity index (χ4n) is 3.53. The summed E-state index contributed by atoms with van der Waals surface area (Å²) in [6, 6.07) is 13.7. The van der Waals surface area contributed by atoms with Crippen LogP contribution in [0.3, 0.4) is 0 Å². The van der Waals surface area contributed by atoms with Crippen molar-refractivity contribution >= 4 is 35.0 Å². The number of fused-ring (bicyclic) bond motifs is 1. The van der Waals surface area contributed by atoms with E-state index in [1.807, 2.05) is 55.1 Å². The Labute approximate surface area is 173 Å². The van der Waals surface area contributed by atoms with Crippen molar-refractivity contribution in [3.63, 3.8) is 0 Å². The maximum absolute atomic E-state index is 12.9. The molecule has 1 heterocycles. The van der Waals surface area contributed by atoms with Crippen LogP contribution < -0.4 is 10.6 Å². The standard InChI is InChI=1S/C22H29N3O2.ClH/c1-16(2)21(22(27)25-12-5-10-23-11-13-25)24-20(26)15-17-8-9-18-6-3-4-7-19(18)14-17;/h3-4,6-9,14,16,21,23H,5,10-13,15H2,1-2H3,(H,24,26);1H. The normalized spacial score (nSPS) is 15.6. The van der Waals surface area contributed by atoms with Crippen LogP contribution in [0.1, 0.15) is 25.8 Å². The third-order valence-electron chi connectivity index (χ3n) is 5.08. The summed E-state index contributed by atoms with van der Waals surface area (Å²) in [7, 11) is 0. The van der Waals surface area contributed by atoms with Gasteiger partial charge in [0, 0.05) is 19.6 Å². The zero-order chi connectivity index (χ0) is 19.2. The molecule has 1 aliphatic rings. The molecule has 2 amide bonds. The molecule has 1 saturated heterocycles. The zero-order valence-corrected chi connectivity index (χ0v) is 17.4. The summed E-state index contributed by atoms with van der Waals surface area (Å²) < 4.78 is 0. The van der Waals surface area contributed by atoms with Gasteiger partial charge in [0.15, 0.2) is 0 Å². The van der Waals surface area contributed by atoms with E-state index in [2.05, 4.69) is 16.7 Å². The molecule has 5 nitrogen and oxygen atoms in total. The molecule has 3 rings (SSSR count). The minimum atomic E-state index is -0.476. The van der Waals surface area contributed by atoms with Crippen molar-refractivity contribution in [2.24, 2.45) is 5.92 Å². The molecule has 1 aliphatic heterocycles. The maximum Gasteiger partial charge on any atom is 0.245 e. The Balaban J connectivity index is 0.00000280. The van der Waals surface area contributed by atoms with Gasteiger partial charge < -0.3 is 15.5 Å². The van der Waals surface area contributed by atoms with Crippen molar-refractivity contribution in [1.29, 1.82) is 0 Å². The second-order valence-electron chi connectivity index (χ2n) is 7.58. The summed E-state index contributed by atoms with van der Waals surface area (Å²) in [5, 5.41) is 8.57. The van der Waals surface area contributed by atoms with Gasteiger partial charge in [-0.15, -0.1) is 12.4 Å². The quantitative estimate of drug-likeness (QED) is 0.806. The molecule has 2 aromatic carbocycles. The van der Waals surface area contributed by atoms with Crippen molar-refractivity contribution in [2.75, 3.05) is 26.2 Å². The summed E-state index contributed by atoms with van der Waals surface area (Å²) in [6.45, 7) is 7.15. The molecule has 0 aliphatic carbocycles. The number of nitrogens with one attached hydrogen (secondary N) is 2. The lowest BCUT2D eigenvalue weighted by atomic mass is 10.0. The highest BCUT2D eigenvalue weighted by molar-refractivity contribution is 5.89. The van der Waals surface area contributed by atoms with Gasteiger partial charge in [0.2, 0.25) is 11.8 Å². The molecule has 0 saturated carbocycles. The number of rotatable bonds is 5. The molecule has 0 spiro atoms. The molecule has 152 valence electrons. The molecule has 28 heavy (non-hydrogen) atoms. The van der Waals surface area contributed by atoms with Crippen LogP contribution in [0.15, 0.2) is 42.5 Å². The van der Waals surface area contributed by atoms with Crippen LogP contribution in [-0.2, 0) is 16.0 Å². The number of hydrogen-bond donors (Lipinski definition) is 2. The molecule has 0 radical (unpaired) electrons. The monoisotopic (exact) mass is 403 g/mol. The van der Waals surface area contributed by atoms with Crippen LogP contribution in [0.4, 0.5) is 0 Å². The van der Waals surface area contributed by atoms with Crippen molar-refractivity contribution in [3.8, 4) is 0 Å². The number of benzene rings is 2. The minimum Gasteiger partial charge on any atom is -0.344 e. The van der Waals surface area contributed by atoms with Crippen molar-refractivity contribution in [3.05, 3.63) is 48.0 Å². The largest absolute Gasteiger partial charge is 0.344 e. The van der Waals surface area contributed by atoms with Gasteiger partial charge in [0.05, 0.1) is 6.42 Å². The summed E-state index contributed by atoms with van der Waals surface area (Å²) in [4.78, 5) is 27.4. The molecule has 2 N–H and O–H groups in total. The van der Waals surface area contributed by atoms with Crippen LogP contribution in [0, 0.1) is 5.92 Å². The molecule has 1 atom stereocenters. The second-order valence-corrected chi connectivity index (χ2v) is 7.58. The number of hydrogen-bond acceptors (Lipinski definition) is 3. The number of nitrogens with zero attached hydrogens (tertiary/aromatic N) is 1. The van der Waals surface area contributed by atoms with Crippen LogP contribution in [0.25, 0.3) is 10.8 Å². The first-order valence-electron chi connectivity index (χ1n) is 9.81. The predicted molar refractivity (Wildman–Crippen MR) is 116 cm³/mol. The smallest absolute Gasteiger partial charge is 0.245 e. The van der Waals surface area contributed by atoms with E-state index in [1.54, 1.807) is 0 Å². The first-order valence-corrected chi connectivity index (χ1v) is 9.81. The molecule has 0 bridgehead atoms. The fourth-order valence-corrected chi connectivity index (χ4v) is 3.53. The zero-order valence-electron chi connectivity index (χ0n) is 16.6. The number of amides is 2. The Morgan fingerprint density at radius 1 is 1.07 bits per heavy atom. The van der Waals surface area contributed by atoms with E-state index in [0.717, 1.165) is 42.4 Å². The molecule has 1 unspecified atom stereocenters. The topological polar surface area (TPSA) is 61.4 Å². The molecule has 1 fully saturated rings. The highest BCUT2D eigenvalue weighted by Crippen LogP contribution is 2.16. The van der Waals surface area contributed by atoms with Crippen molar-refractivity contribution in [2.45, 2.75) is 32.7 Å². The average molecular weight is 404 g/mol. The van der Waals surface area contributed by atoms with Crippen molar-refractivity contribution in [1.82, 2.24) is 15.5 Å². The first kappa shape index (κ1) is 22.2. The van der Waals surface area contributed by atoms with E-state index in [9.17, 15) is 9.59 Å².